The molecule has 0 saturated heterocycles. The monoisotopic (exact) mass is 436 g/mol. The highest BCUT2D eigenvalue weighted by molar-refractivity contribution is 9.10. The zero-order valence-corrected chi connectivity index (χ0v) is 18.1. The predicted octanol–water partition coefficient (Wildman–Crippen LogP) is 2.86. The van der Waals surface area contributed by atoms with Crippen molar-refractivity contribution in [3.63, 3.8) is 0 Å². The molecule has 0 bridgehead atoms. The molecule has 7 nitrogen and oxygen atoms in total. The van der Waals surface area contributed by atoms with Crippen LogP contribution in [0.15, 0.2) is 27.7 Å². The molecule has 0 aliphatic heterocycles. The summed E-state index contributed by atoms with van der Waals surface area (Å²) in [4.78, 5) is 4.73. The van der Waals surface area contributed by atoms with Gasteiger partial charge in [-0.2, -0.15) is 0 Å². The topological polar surface area (TPSA) is 76.4 Å². The lowest BCUT2D eigenvalue weighted by molar-refractivity contribution is 0.145. The van der Waals surface area contributed by atoms with Crippen LogP contribution in [-0.2, 0) is 24.9 Å². The molecule has 0 unspecified atom stereocenters. The molecule has 0 amide bonds. The second kappa shape index (κ2) is 11.0. The van der Waals surface area contributed by atoms with Crippen molar-refractivity contribution in [1.29, 1.82) is 0 Å². The minimum atomic E-state index is 0.563. The fourth-order valence-electron chi connectivity index (χ4n) is 2.47. The Morgan fingerprint density at radius 2 is 2.07 bits per heavy atom. The molecule has 0 saturated carbocycles. The summed E-state index contributed by atoms with van der Waals surface area (Å²) in [6, 6.07) is 6.25. The maximum absolute atomic E-state index is 5.39. The first kappa shape index (κ1) is 21.4. The third-order valence-electron chi connectivity index (χ3n) is 4.27. The van der Waals surface area contributed by atoms with Crippen molar-refractivity contribution in [2.75, 3.05) is 19.8 Å². The Morgan fingerprint density at radius 3 is 2.74 bits per heavy atom. The first-order valence-corrected chi connectivity index (χ1v) is 10.0. The summed E-state index contributed by atoms with van der Waals surface area (Å²) in [5, 5.41) is 15.0. The SMILES string of the molecule is CCOCCCNC(=NCc1ccc(Br)cc1C)NCc1nnc(C)n1C. The molecule has 2 rings (SSSR count). The second-order valence-electron chi connectivity index (χ2n) is 6.29. The number of nitrogens with one attached hydrogen (secondary N) is 2. The number of nitrogens with zero attached hydrogens (tertiary/aromatic N) is 4. The van der Waals surface area contributed by atoms with Crippen LogP contribution in [0.1, 0.15) is 36.1 Å². The van der Waals surface area contributed by atoms with Crippen molar-refractivity contribution in [3.8, 4) is 0 Å². The number of hydrogen-bond acceptors (Lipinski definition) is 4. The van der Waals surface area contributed by atoms with Gasteiger partial charge in [0.2, 0.25) is 0 Å². The highest BCUT2D eigenvalue weighted by atomic mass is 79.9. The number of aliphatic imine (C=N–C) groups is 1. The van der Waals surface area contributed by atoms with Crippen LogP contribution in [0.4, 0.5) is 0 Å². The second-order valence-corrected chi connectivity index (χ2v) is 7.20. The van der Waals surface area contributed by atoms with Crippen molar-refractivity contribution >= 4 is 21.9 Å². The lowest BCUT2D eigenvalue weighted by atomic mass is 10.1. The van der Waals surface area contributed by atoms with E-state index in [0.29, 0.717) is 13.1 Å². The number of guanidine groups is 1. The molecule has 0 aliphatic rings. The smallest absolute Gasteiger partial charge is 0.191 e. The summed E-state index contributed by atoms with van der Waals surface area (Å²) in [6.45, 7) is 9.49. The summed E-state index contributed by atoms with van der Waals surface area (Å²) in [5.41, 5.74) is 2.41. The molecule has 2 aromatic rings. The quantitative estimate of drug-likeness (QED) is 0.359. The van der Waals surface area contributed by atoms with Crippen molar-refractivity contribution in [2.45, 2.75) is 40.3 Å². The van der Waals surface area contributed by atoms with E-state index < -0.39 is 0 Å². The Labute approximate surface area is 169 Å². The van der Waals surface area contributed by atoms with Gasteiger partial charge in [0.15, 0.2) is 11.8 Å². The van der Waals surface area contributed by atoms with Crippen LogP contribution in [0.5, 0.6) is 0 Å². The van der Waals surface area contributed by atoms with Crippen LogP contribution in [0.25, 0.3) is 0 Å². The fourth-order valence-corrected chi connectivity index (χ4v) is 2.94. The van der Waals surface area contributed by atoms with Crippen LogP contribution in [0.2, 0.25) is 0 Å². The number of benzene rings is 1. The molecule has 0 radical (unpaired) electrons. The van der Waals surface area contributed by atoms with E-state index >= 15 is 0 Å². The minimum absolute atomic E-state index is 0.563. The molecule has 0 aliphatic carbocycles. The predicted molar refractivity (Wildman–Crippen MR) is 112 cm³/mol. The molecule has 148 valence electrons. The van der Waals surface area contributed by atoms with Gasteiger partial charge in [0.1, 0.15) is 5.82 Å². The van der Waals surface area contributed by atoms with E-state index in [2.05, 4.69) is 55.8 Å². The molecule has 1 aromatic carbocycles. The van der Waals surface area contributed by atoms with Gasteiger partial charge >= 0.3 is 0 Å². The van der Waals surface area contributed by atoms with E-state index in [1.54, 1.807) is 0 Å². The Hall–Kier alpha value is -1.93. The largest absolute Gasteiger partial charge is 0.382 e. The first-order chi connectivity index (χ1) is 13.0. The van der Waals surface area contributed by atoms with Gasteiger partial charge < -0.3 is 19.9 Å². The Balaban J connectivity index is 1.99. The van der Waals surface area contributed by atoms with Crippen LogP contribution >= 0.6 is 15.9 Å². The molecule has 0 fully saturated rings. The average molecular weight is 437 g/mol. The van der Waals surface area contributed by atoms with Gasteiger partial charge in [0.25, 0.3) is 0 Å². The molecule has 0 spiro atoms. The Kier molecular flexibility index (Phi) is 8.74. The van der Waals surface area contributed by atoms with Gasteiger partial charge in [-0.3, -0.25) is 0 Å². The van der Waals surface area contributed by atoms with E-state index in [0.717, 1.165) is 48.3 Å². The maximum atomic E-state index is 5.39. The van der Waals surface area contributed by atoms with Crippen LogP contribution in [0, 0.1) is 13.8 Å². The molecule has 27 heavy (non-hydrogen) atoms. The molecular formula is C19H29BrN6O. The molecule has 8 heteroatoms. The molecule has 2 N–H and O–H groups in total. The normalized spacial score (nSPS) is 11.7. The van der Waals surface area contributed by atoms with Gasteiger partial charge in [0, 0.05) is 31.3 Å². The number of halogens is 1. The zero-order chi connectivity index (χ0) is 19.6. The average Bonchev–Trinajstić information content (AvgIpc) is 2.96. The fraction of sp³-hybridized carbons (Fsp3) is 0.526. The zero-order valence-electron chi connectivity index (χ0n) is 16.5. The standard InChI is InChI=1S/C19H29BrN6O/c1-5-27-10-6-9-21-19(23-13-18-25-24-15(3)26(18)4)22-12-16-7-8-17(20)11-14(16)2/h7-8,11H,5-6,9-10,12-13H2,1-4H3,(H2,21,22,23). The number of rotatable bonds is 9. The summed E-state index contributed by atoms with van der Waals surface area (Å²) >= 11 is 3.50. The first-order valence-electron chi connectivity index (χ1n) is 9.21. The Morgan fingerprint density at radius 1 is 1.26 bits per heavy atom. The van der Waals surface area contributed by atoms with E-state index in [4.69, 9.17) is 9.73 Å². The van der Waals surface area contributed by atoms with E-state index in [-0.39, 0.29) is 0 Å². The van der Waals surface area contributed by atoms with Crippen molar-refractivity contribution in [1.82, 2.24) is 25.4 Å². The van der Waals surface area contributed by atoms with Gasteiger partial charge in [-0.05, 0) is 50.5 Å². The number of aryl methyl sites for hydroxylation is 2. The molecule has 1 heterocycles. The third kappa shape index (κ3) is 6.95. The number of aromatic nitrogens is 3. The minimum Gasteiger partial charge on any atom is -0.382 e. The van der Waals surface area contributed by atoms with E-state index in [9.17, 15) is 0 Å². The lowest BCUT2D eigenvalue weighted by Gasteiger charge is -2.13. The van der Waals surface area contributed by atoms with Gasteiger partial charge in [0.05, 0.1) is 13.1 Å². The van der Waals surface area contributed by atoms with Crippen molar-refractivity contribution < 1.29 is 4.74 Å². The molecular weight excluding hydrogens is 408 g/mol. The molecule has 1 aromatic heterocycles. The Bertz CT molecular complexity index is 759. The summed E-state index contributed by atoms with van der Waals surface area (Å²) in [6.07, 6.45) is 0.926. The summed E-state index contributed by atoms with van der Waals surface area (Å²) < 4.78 is 8.45. The highest BCUT2D eigenvalue weighted by Gasteiger charge is 2.07. The molecule has 0 atom stereocenters. The van der Waals surface area contributed by atoms with Crippen LogP contribution < -0.4 is 10.6 Å². The van der Waals surface area contributed by atoms with Gasteiger partial charge in [-0.25, -0.2) is 4.99 Å². The van der Waals surface area contributed by atoms with Gasteiger partial charge in [-0.1, -0.05) is 22.0 Å². The van der Waals surface area contributed by atoms with Crippen LogP contribution in [-0.4, -0.2) is 40.5 Å². The lowest BCUT2D eigenvalue weighted by Crippen LogP contribution is -2.38. The summed E-state index contributed by atoms with van der Waals surface area (Å²) in [5.74, 6) is 2.52. The third-order valence-corrected chi connectivity index (χ3v) is 4.76. The number of hydrogen-bond donors (Lipinski definition) is 2. The number of ether oxygens (including phenoxy) is 1. The highest BCUT2D eigenvalue weighted by Crippen LogP contribution is 2.16. The van der Waals surface area contributed by atoms with Crippen molar-refractivity contribution in [2.24, 2.45) is 12.0 Å². The van der Waals surface area contributed by atoms with E-state index in [1.807, 2.05) is 31.5 Å². The maximum Gasteiger partial charge on any atom is 0.191 e. The van der Waals surface area contributed by atoms with E-state index in [1.165, 1.54) is 11.1 Å². The van der Waals surface area contributed by atoms with Crippen LogP contribution in [0.3, 0.4) is 0 Å². The van der Waals surface area contributed by atoms with Crippen molar-refractivity contribution in [3.05, 3.63) is 45.4 Å². The van der Waals surface area contributed by atoms with Gasteiger partial charge in [-0.15, -0.1) is 10.2 Å². The summed E-state index contributed by atoms with van der Waals surface area (Å²) in [7, 11) is 1.96.